The second-order valence-electron chi connectivity index (χ2n) is 6.99. The Morgan fingerprint density at radius 1 is 1.21 bits per heavy atom. The van der Waals surface area contributed by atoms with Gasteiger partial charge >= 0.3 is 6.09 Å². The van der Waals surface area contributed by atoms with Crippen LogP contribution in [0.15, 0.2) is 36.0 Å². The molecule has 24 heavy (non-hydrogen) atoms. The second-order valence-corrected chi connectivity index (χ2v) is 6.99. The van der Waals surface area contributed by atoms with Crippen molar-refractivity contribution in [3.63, 3.8) is 0 Å². The van der Waals surface area contributed by atoms with Gasteiger partial charge in [0.05, 0.1) is 12.1 Å². The first-order valence-corrected chi connectivity index (χ1v) is 7.75. The molecule has 0 fully saturated rings. The molecule has 1 atom stereocenters. The van der Waals surface area contributed by atoms with E-state index in [1.54, 1.807) is 33.8 Å². The van der Waals surface area contributed by atoms with Gasteiger partial charge in [0, 0.05) is 5.70 Å². The SMILES string of the molecule is CC1=CC(C#N)(C#N)[C@H](c2ccccc2C)N1C(=O)OC(C)(C)C. The Morgan fingerprint density at radius 3 is 2.29 bits per heavy atom. The maximum absolute atomic E-state index is 12.7. The Balaban J connectivity index is 2.60. The molecule has 0 saturated carbocycles. The summed E-state index contributed by atoms with van der Waals surface area (Å²) in [6.45, 7) is 8.96. The Labute approximate surface area is 142 Å². The third-order valence-electron chi connectivity index (χ3n) is 3.95. The number of hydrogen-bond donors (Lipinski definition) is 0. The van der Waals surface area contributed by atoms with Gasteiger partial charge in [-0.3, -0.25) is 4.90 Å². The minimum atomic E-state index is -1.44. The molecule has 0 aliphatic carbocycles. The number of hydrogen-bond acceptors (Lipinski definition) is 4. The molecule has 0 radical (unpaired) electrons. The van der Waals surface area contributed by atoms with Crippen molar-refractivity contribution in [3.05, 3.63) is 47.2 Å². The number of benzene rings is 1. The van der Waals surface area contributed by atoms with E-state index in [0.717, 1.165) is 11.1 Å². The standard InChI is InChI=1S/C19H21N3O2/c1-13-8-6-7-9-15(13)16-19(11-20,12-21)10-14(2)22(16)17(23)24-18(3,4)5/h6-10,16H,1-5H3/t16-/m0/s1. The fourth-order valence-corrected chi connectivity index (χ4v) is 2.94. The second kappa shape index (κ2) is 6.02. The first-order chi connectivity index (χ1) is 11.1. The van der Waals surface area contributed by atoms with Crippen molar-refractivity contribution in [2.75, 3.05) is 0 Å². The molecule has 0 spiro atoms. The van der Waals surface area contributed by atoms with Crippen LogP contribution < -0.4 is 0 Å². The van der Waals surface area contributed by atoms with Gasteiger partial charge in [0.25, 0.3) is 0 Å². The number of carbonyl (C=O) groups is 1. The molecule has 1 aliphatic heterocycles. The van der Waals surface area contributed by atoms with E-state index in [1.165, 1.54) is 4.90 Å². The summed E-state index contributed by atoms with van der Waals surface area (Å²) in [5.74, 6) is 0. The summed E-state index contributed by atoms with van der Waals surface area (Å²) >= 11 is 0. The summed E-state index contributed by atoms with van der Waals surface area (Å²) in [5.41, 5.74) is 0.111. The van der Waals surface area contributed by atoms with Crippen molar-refractivity contribution < 1.29 is 9.53 Å². The van der Waals surface area contributed by atoms with Crippen LogP contribution in [0.2, 0.25) is 0 Å². The minimum absolute atomic E-state index is 0.542. The molecule has 124 valence electrons. The summed E-state index contributed by atoms with van der Waals surface area (Å²) in [6, 6.07) is 10.9. The van der Waals surface area contributed by atoms with Crippen molar-refractivity contribution in [2.45, 2.75) is 46.3 Å². The number of nitrogens with zero attached hydrogens (tertiary/aromatic N) is 3. The number of ether oxygens (including phenoxy) is 1. The van der Waals surface area contributed by atoms with Gasteiger partial charge in [0.2, 0.25) is 0 Å². The van der Waals surface area contributed by atoms with Gasteiger partial charge in [0.1, 0.15) is 11.6 Å². The van der Waals surface area contributed by atoms with E-state index in [1.807, 2.05) is 31.2 Å². The first-order valence-electron chi connectivity index (χ1n) is 7.75. The Morgan fingerprint density at radius 2 is 1.79 bits per heavy atom. The van der Waals surface area contributed by atoms with Gasteiger partial charge in [-0.05, 0) is 51.8 Å². The molecular weight excluding hydrogens is 302 g/mol. The zero-order valence-electron chi connectivity index (χ0n) is 14.6. The van der Waals surface area contributed by atoms with Gasteiger partial charge in [-0.25, -0.2) is 4.79 Å². The summed E-state index contributed by atoms with van der Waals surface area (Å²) in [4.78, 5) is 14.1. The van der Waals surface area contributed by atoms with Crippen LogP contribution >= 0.6 is 0 Å². The van der Waals surface area contributed by atoms with Gasteiger partial charge in [0.15, 0.2) is 5.41 Å². The fourth-order valence-electron chi connectivity index (χ4n) is 2.94. The lowest BCUT2D eigenvalue weighted by atomic mass is 9.79. The first kappa shape index (κ1) is 17.6. The maximum atomic E-state index is 12.7. The lowest BCUT2D eigenvalue weighted by molar-refractivity contribution is 0.0231. The van der Waals surface area contributed by atoms with Crippen LogP contribution in [0.5, 0.6) is 0 Å². The monoisotopic (exact) mass is 323 g/mol. The van der Waals surface area contributed by atoms with E-state index >= 15 is 0 Å². The van der Waals surface area contributed by atoms with Crippen molar-refractivity contribution in [3.8, 4) is 12.1 Å². The molecule has 1 aromatic rings. The van der Waals surface area contributed by atoms with E-state index in [-0.39, 0.29) is 0 Å². The van der Waals surface area contributed by atoms with Crippen molar-refractivity contribution in [2.24, 2.45) is 5.41 Å². The molecule has 1 aromatic carbocycles. The summed E-state index contributed by atoms with van der Waals surface area (Å²) in [7, 11) is 0. The lowest BCUT2D eigenvalue weighted by Crippen LogP contribution is -2.40. The van der Waals surface area contributed by atoms with Gasteiger partial charge in [-0.2, -0.15) is 10.5 Å². The average Bonchev–Trinajstić information content (AvgIpc) is 2.79. The van der Waals surface area contributed by atoms with Crippen LogP contribution in [0, 0.1) is 35.0 Å². The van der Waals surface area contributed by atoms with Gasteiger partial charge < -0.3 is 4.74 Å². The molecule has 2 rings (SSSR count). The molecule has 0 bridgehead atoms. The van der Waals surface area contributed by atoms with Crippen molar-refractivity contribution in [1.29, 1.82) is 10.5 Å². The van der Waals surface area contributed by atoms with Crippen molar-refractivity contribution >= 4 is 6.09 Å². The predicted octanol–water partition coefficient (Wildman–Crippen LogP) is 4.22. The normalized spacial score (nSPS) is 19.2. The van der Waals surface area contributed by atoms with E-state index in [0.29, 0.717) is 5.70 Å². The highest BCUT2D eigenvalue weighted by atomic mass is 16.6. The third-order valence-corrected chi connectivity index (χ3v) is 3.95. The molecule has 0 unspecified atom stereocenters. The molecule has 1 aliphatic rings. The molecule has 1 heterocycles. The quantitative estimate of drug-likeness (QED) is 0.775. The highest BCUT2D eigenvalue weighted by Crippen LogP contribution is 2.48. The summed E-state index contributed by atoms with van der Waals surface area (Å²) < 4.78 is 5.49. The molecular formula is C19H21N3O2. The maximum Gasteiger partial charge on any atom is 0.415 e. The summed E-state index contributed by atoms with van der Waals surface area (Å²) in [6.07, 6.45) is 0.991. The van der Waals surface area contributed by atoms with Crippen LogP contribution in [0.3, 0.4) is 0 Å². The number of allylic oxidation sites excluding steroid dienone is 1. The number of carbonyl (C=O) groups excluding carboxylic acids is 1. The van der Waals surface area contributed by atoms with Gasteiger partial charge in [-0.1, -0.05) is 24.3 Å². The van der Waals surface area contributed by atoms with Crippen LogP contribution in [0.1, 0.15) is 44.9 Å². The number of nitriles is 2. The van der Waals surface area contributed by atoms with Gasteiger partial charge in [-0.15, -0.1) is 0 Å². The Kier molecular flexibility index (Phi) is 4.40. The Bertz CT molecular complexity index is 761. The highest BCUT2D eigenvalue weighted by molar-refractivity contribution is 5.73. The zero-order valence-corrected chi connectivity index (χ0v) is 14.6. The fraction of sp³-hybridized carbons (Fsp3) is 0.421. The topological polar surface area (TPSA) is 77.1 Å². The highest BCUT2D eigenvalue weighted by Gasteiger charge is 2.51. The Hall–Kier alpha value is -2.79. The van der Waals surface area contributed by atoms with Crippen LogP contribution in [0.25, 0.3) is 0 Å². The average molecular weight is 323 g/mol. The third kappa shape index (κ3) is 2.98. The molecule has 1 amide bonds. The predicted molar refractivity (Wildman–Crippen MR) is 89.4 cm³/mol. The van der Waals surface area contributed by atoms with Crippen molar-refractivity contribution in [1.82, 2.24) is 4.90 Å². The number of amides is 1. The van der Waals surface area contributed by atoms with E-state index in [4.69, 9.17) is 4.74 Å². The zero-order chi connectivity index (χ0) is 18.1. The van der Waals surface area contributed by atoms with Crippen LogP contribution in [-0.2, 0) is 4.74 Å². The smallest absolute Gasteiger partial charge is 0.415 e. The largest absolute Gasteiger partial charge is 0.443 e. The van der Waals surface area contributed by atoms with E-state index in [9.17, 15) is 15.3 Å². The molecule has 0 saturated heterocycles. The van der Waals surface area contributed by atoms with Crippen LogP contribution in [-0.4, -0.2) is 16.6 Å². The van der Waals surface area contributed by atoms with E-state index < -0.39 is 23.2 Å². The summed E-state index contributed by atoms with van der Waals surface area (Å²) in [5, 5.41) is 19.4. The molecule has 5 nitrogen and oxygen atoms in total. The minimum Gasteiger partial charge on any atom is -0.443 e. The van der Waals surface area contributed by atoms with E-state index in [2.05, 4.69) is 12.1 Å². The lowest BCUT2D eigenvalue weighted by Gasteiger charge is -2.33. The molecule has 5 heteroatoms. The number of aryl methyl sites for hydroxylation is 1. The number of rotatable bonds is 1. The van der Waals surface area contributed by atoms with Crippen LogP contribution in [0.4, 0.5) is 4.79 Å². The molecule has 0 aromatic heterocycles. The molecule has 0 N–H and O–H groups in total.